The van der Waals surface area contributed by atoms with E-state index in [1.54, 1.807) is 4.57 Å². The van der Waals surface area contributed by atoms with Crippen molar-refractivity contribution in [1.82, 2.24) is 14.8 Å². The van der Waals surface area contributed by atoms with E-state index in [0.29, 0.717) is 4.77 Å². The van der Waals surface area contributed by atoms with Gasteiger partial charge in [-0.1, -0.05) is 13.8 Å². The first-order chi connectivity index (χ1) is 5.49. The molecule has 0 unspecified atom stereocenters. The lowest BCUT2D eigenvalue weighted by atomic mass is 9.94. The van der Waals surface area contributed by atoms with Gasteiger partial charge in [0, 0.05) is 12.5 Å². The van der Waals surface area contributed by atoms with Gasteiger partial charge in [0.05, 0.1) is 6.61 Å². The SMILES string of the molecule is Cn1c(C(C)(C)CO)n[nH]c1=S. The van der Waals surface area contributed by atoms with Gasteiger partial charge >= 0.3 is 0 Å². The highest BCUT2D eigenvalue weighted by atomic mass is 32.1. The predicted octanol–water partition coefficient (Wildman–Crippen LogP) is 0.748. The molecule has 2 N–H and O–H groups in total. The molecule has 4 nitrogen and oxygen atoms in total. The summed E-state index contributed by atoms with van der Waals surface area (Å²) in [6.07, 6.45) is 0. The zero-order chi connectivity index (χ0) is 9.35. The van der Waals surface area contributed by atoms with Crippen molar-refractivity contribution >= 4 is 12.2 Å². The minimum Gasteiger partial charge on any atom is -0.395 e. The van der Waals surface area contributed by atoms with E-state index < -0.39 is 0 Å². The molecule has 68 valence electrons. The third-order valence-electron chi connectivity index (χ3n) is 1.88. The van der Waals surface area contributed by atoms with Crippen LogP contribution in [0.5, 0.6) is 0 Å². The number of nitrogens with zero attached hydrogens (tertiary/aromatic N) is 2. The molecule has 0 radical (unpaired) electrons. The van der Waals surface area contributed by atoms with Crippen molar-refractivity contribution in [3.8, 4) is 0 Å². The van der Waals surface area contributed by atoms with Crippen LogP contribution in [-0.4, -0.2) is 26.5 Å². The van der Waals surface area contributed by atoms with E-state index in [1.165, 1.54) is 0 Å². The Morgan fingerprint density at radius 3 is 2.58 bits per heavy atom. The van der Waals surface area contributed by atoms with E-state index in [2.05, 4.69) is 10.2 Å². The summed E-state index contributed by atoms with van der Waals surface area (Å²) in [6, 6.07) is 0. The third kappa shape index (κ3) is 1.42. The first-order valence-corrected chi connectivity index (χ1v) is 4.12. The summed E-state index contributed by atoms with van der Waals surface area (Å²) in [4.78, 5) is 0. The van der Waals surface area contributed by atoms with Crippen molar-refractivity contribution in [2.24, 2.45) is 7.05 Å². The summed E-state index contributed by atoms with van der Waals surface area (Å²) in [5.41, 5.74) is -0.345. The summed E-state index contributed by atoms with van der Waals surface area (Å²) in [5.74, 6) is 0.773. The molecular weight excluding hydrogens is 174 g/mol. The van der Waals surface area contributed by atoms with Crippen LogP contribution in [0.15, 0.2) is 0 Å². The first kappa shape index (κ1) is 9.41. The maximum atomic E-state index is 9.08. The van der Waals surface area contributed by atoms with E-state index in [0.717, 1.165) is 5.82 Å². The van der Waals surface area contributed by atoms with Crippen LogP contribution in [-0.2, 0) is 12.5 Å². The Morgan fingerprint density at radius 1 is 1.67 bits per heavy atom. The van der Waals surface area contributed by atoms with Gasteiger partial charge in [-0.2, -0.15) is 5.10 Å². The van der Waals surface area contributed by atoms with Crippen LogP contribution in [0.2, 0.25) is 0 Å². The highest BCUT2D eigenvalue weighted by molar-refractivity contribution is 7.71. The zero-order valence-corrected chi connectivity index (χ0v) is 8.27. The largest absolute Gasteiger partial charge is 0.395 e. The number of aromatic nitrogens is 3. The van der Waals surface area contributed by atoms with Gasteiger partial charge in [0.1, 0.15) is 5.82 Å². The van der Waals surface area contributed by atoms with Gasteiger partial charge in [-0.15, -0.1) is 0 Å². The van der Waals surface area contributed by atoms with E-state index in [4.69, 9.17) is 17.3 Å². The minimum atomic E-state index is -0.345. The lowest BCUT2D eigenvalue weighted by Crippen LogP contribution is -2.26. The summed E-state index contributed by atoms with van der Waals surface area (Å²) >= 11 is 4.95. The van der Waals surface area contributed by atoms with Gasteiger partial charge < -0.3 is 9.67 Å². The van der Waals surface area contributed by atoms with Crippen LogP contribution in [0.1, 0.15) is 19.7 Å². The Kier molecular flexibility index (Phi) is 2.34. The molecule has 12 heavy (non-hydrogen) atoms. The van der Waals surface area contributed by atoms with Crippen molar-refractivity contribution in [2.75, 3.05) is 6.61 Å². The van der Waals surface area contributed by atoms with Gasteiger partial charge in [0.15, 0.2) is 4.77 Å². The second-order valence-corrected chi connectivity index (χ2v) is 3.84. The summed E-state index contributed by atoms with van der Waals surface area (Å²) < 4.78 is 2.34. The smallest absolute Gasteiger partial charge is 0.194 e. The molecule has 0 amide bonds. The van der Waals surface area contributed by atoms with Crippen molar-refractivity contribution in [1.29, 1.82) is 0 Å². The third-order valence-corrected chi connectivity index (χ3v) is 2.25. The molecular formula is C7H13N3OS. The number of aliphatic hydroxyl groups excluding tert-OH is 1. The standard InChI is InChI=1S/C7H13N3OS/c1-7(2,4-11)5-8-9-6(12)10(5)3/h11H,4H2,1-3H3,(H,9,12). The van der Waals surface area contributed by atoms with Crippen LogP contribution in [0.4, 0.5) is 0 Å². The van der Waals surface area contributed by atoms with Gasteiger partial charge in [0.2, 0.25) is 0 Å². The molecule has 0 bridgehead atoms. The molecule has 1 aromatic heterocycles. The van der Waals surface area contributed by atoms with Crippen LogP contribution >= 0.6 is 12.2 Å². The van der Waals surface area contributed by atoms with Crippen LogP contribution < -0.4 is 0 Å². The van der Waals surface area contributed by atoms with E-state index in [9.17, 15) is 0 Å². The number of nitrogens with one attached hydrogen (secondary N) is 1. The highest BCUT2D eigenvalue weighted by Gasteiger charge is 2.24. The van der Waals surface area contributed by atoms with Crippen molar-refractivity contribution in [2.45, 2.75) is 19.3 Å². The van der Waals surface area contributed by atoms with Gasteiger partial charge in [0.25, 0.3) is 0 Å². The number of hydrogen-bond acceptors (Lipinski definition) is 3. The highest BCUT2D eigenvalue weighted by Crippen LogP contribution is 2.18. The number of aromatic amines is 1. The van der Waals surface area contributed by atoms with Crippen molar-refractivity contribution in [3.63, 3.8) is 0 Å². The molecule has 0 atom stereocenters. The van der Waals surface area contributed by atoms with E-state index in [1.807, 2.05) is 20.9 Å². The number of rotatable bonds is 2. The molecule has 0 aliphatic carbocycles. The average molecular weight is 187 g/mol. The maximum absolute atomic E-state index is 9.08. The van der Waals surface area contributed by atoms with Gasteiger partial charge in [-0.25, -0.2) is 0 Å². The molecule has 0 aliphatic heterocycles. The molecule has 1 heterocycles. The second-order valence-electron chi connectivity index (χ2n) is 3.45. The molecule has 5 heteroatoms. The molecule has 0 spiro atoms. The van der Waals surface area contributed by atoms with Crippen LogP contribution in [0.25, 0.3) is 0 Å². The first-order valence-electron chi connectivity index (χ1n) is 3.72. The lowest BCUT2D eigenvalue weighted by Gasteiger charge is -2.19. The Hall–Kier alpha value is -0.680. The lowest BCUT2D eigenvalue weighted by molar-refractivity contribution is 0.209. The topological polar surface area (TPSA) is 53.8 Å². The van der Waals surface area contributed by atoms with Crippen molar-refractivity contribution in [3.05, 3.63) is 10.6 Å². The molecule has 0 aliphatic rings. The summed E-state index contributed by atoms with van der Waals surface area (Å²) in [7, 11) is 1.83. The normalized spacial score (nSPS) is 12.0. The van der Waals surface area contributed by atoms with Crippen LogP contribution in [0, 0.1) is 4.77 Å². The second kappa shape index (κ2) is 2.99. The quantitative estimate of drug-likeness (QED) is 0.672. The molecule has 0 aromatic carbocycles. The Bertz CT molecular complexity index is 326. The zero-order valence-electron chi connectivity index (χ0n) is 7.46. The number of hydrogen-bond donors (Lipinski definition) is 2. The Balaban J connectivity index is 3.20. The Labute approximate surface area is 76.2 Å². The van der Waals surface area contributed by atoms with Gasteiger partial charge in [-0.05, 0) is 12.2 Å². The molecule has 0 saturated carbocycles. The monoisotopic (exact) mass is 187 g/mol. The average Bonchev–Trinajstić information content (AvgIpc) is 2.33. The summed E-state index contributed by atoms with van der Waals surface area (Å²) in [6.45, 7) is 3.89. The predicted molar refractivity (Wildman–Crippen MR) is 48.5 cm³/mol. The fraction of sp³-hybridized carbons (Fsp3) is 0.714. The molecule has 0 saturated heterocycles. The fourth-order valence-corrected chi connectivity index (χ4v) is 1.16. The fourth-order valence-electron chi connectivity index (χ4n) is 1.02. The maximum Gasteiger partial charge on any atom is 0.194 e. The molecule has 0 fully saturated rings. The molecule has 1 aromatic rings. The van der Waals surface area contributed by atoms with Crippen LogP contribution in [0.3, 0.4) is 0 Å². The van der Waals surface area contributed by atoms with Gasteiger partial charge in [-0.3, -0.25) is 5.10 Å². The number of H-pyrrole nitrogens is 1. The number of aliphatic hydroxyl groups is 1. The van der Waals surface area contributed by atoms with Crippen molar-refractivity contribution < 1.29 is 5.11 Å². The molecule has 1 rings (SSSR count). The van der Waals surface area contributed by atoms with E-state index in [-0.39, 0.29) is 12.0 Å². The Morgan fingerprint density at radius 2 is 2.25 bits per heavy atom. The summed E-state index contributed by atoms with van der Waals surface area (Å²) in [5, 5.41) is 15.8. The van der Waals surface area contributed by atoms with E-state index >= 15 is 0 Å². The minimum absolute atomic E-state index is 0.0560.